The van der Waals surface area contributed by atoms with Crippen LogP contribution in [0.25, 0.3) is 33.4 Å². The van der Waals surface area contributed by atoms with E-state index in [1.54, 1.807) is 0 Å². The molecule has 0 spiro atoms. The first-order chi connectivity index (χ1) is 13.3. The van der Waals surface area contributed by atoms with E-state index < -0.39 is 0 Å². The predicted octanol–water partition coefficient (Wildman–Crippen LogP) is 7.16. The molecule has 1 heteroatoms. The molecule has 0 nitrogen and oxygen atoms in total. The molecule has 1 aliphatic rings. The Labute approximate surface area is 167 Å². The van der Waals surface area contributed by atoms with Gasteiger partial charge in [-0.2, -0.15) is 0 Å². The maximum absolute atomic E-state index is 3.71. The van der Waals surface area contributed by atoms with Crippen molar-refractivity contribution >= 4 is 15.9 Å². The molecule has 0 N–H and O–H groups in total. The zero-order chi connectivity index (χ0) is 18.2. The maximum atomic E-state index is 3.71. The summed E-state index contributed by atoms with van der Waals surface area (Å²) in [4.78, 5) is 0. The van der Waals surface area contributed by atoms with Crippen LogP contribution < -0.4 is 0 Å². The highest BCUT2D eigenvalue weighted by Crippen LogP contribution is 2.38. The second-order valence-electron chi connectivity index (χ2n) is 6.62. The average Bonchev–Trinajstić information content (AvgIpc) is 2.73. The highest BCUT2D eigenvalue weighted by molar-refractivity contribution is 9.10. The minimum Gasteiger partial charge on any atom is -0.0616 e. The van der Waals surface area contributed by atoms with E-state index in [1.165, 1.54) is 27.8 Å². The van der Waals surface area contributed by atoms with Crippen molar-refractivity contribution in [2.45, 2.75) is 0 Å². The third-order valence-corrected chi connectivity index (χ3v) is 5.38. The molecule has 5 rings (SSSR count). The smallest absolute Gasteiger partial charge is 0.0327 e. The van der Waals surface area contributed by atoms with Crippen molar-refractivity contribution in [1.82, 2.24) is 0 Å². The molecule has 0 saturated heterocycles. The second kappa shape index (κ2) is 6.58. The molecular formula is C26H15Br. The summed E-state index contributed by atoms with van der Waals surface area (Å²) in [5.74, 6) is 6.83. The fourth-order valence-corrected chi connectivity index (χ4v) is 4.17. The summed E-state index contributed by atoms with van der Waals surface area (Å²) in [6.07, 6.45) is 0. The molecule has 2 bridgehead atoms. The first-order valence-electron chi connectivity index (χ1n) is 8.90. The van der Waals surface area contributed by atoms with E-state index in [0.717, 1.165) is 21.2 Å². The van der Waals surface area contributed by atoms with Gasteiger partial charge in [0, 0.05) is 15.6 Å². The molecule has 0 amide bonds. The third kappa shape index (κ3) is 2.89. The fraction of sp³-hybridized carbons (Fsp3) is 0. The van der Waals surface area contributed by atoms with E-state index >= 15 is 0 Å². The zero-order valence-corrected chi connectivity index (χ0v) is 16.1. The van der Waals surface area contributed by atoms with E-state index in [9.17, 15) is 0 Å². The van der Waals surface area contributed by atoms with Crippen LogP contribution in [0, 0.1) is 11.8 Å². The van der Waals surface area contributed by atoms with Gasteiger partial charge in [0.2, 0.25) is 0 Å². The number of rotatable bonds is 0. The number of halogens is 1. The molecule has 0 aromatic heterocycles. The van der Waals surface area contributed by atoms with Crippen LogP contribution in [0.1, 0.15) is 11.1 Å². The van der Waals surface area contributed by atoms with Crippen LogP contribution in [0.5, 0.6) is 0 Å². The van der Waals surface area contributed by atoms with Crippen molar-refractivity contribution < 1.29 is 0 Å². The topological polar surface area (TPSA) is 0 Å². The van der Waals surface area contributed by atoms with Gasteiger partial charge in [0.1, 0.15) is 0 Å². The lowest BCUT2D eigenvalue weighted by Gasteiger charge is -2.13. The van der Waals surface area contributed by atoms with Gasteiger partial charge in [-0.05, 0) is 63.7 Å². The summed E-state index contributed by atoms with van der Waals surface area (Å²) >= 11 is 3.71. The van der Waals surface area contributed by atoms with Crippen LogP contribution in [0.3, 0.4) is 0 Å². The number of hydrogen-bond donors (Lipinski definition) is 0. The molecule has 27 heavy (non-hydrogen) atoms. The van der Waals surface area contributed by atoms with Gasteiger partial charge in [-0.25, -0.2) is 0 Å². The van der Waals surface area contributed by atoms with Crippen LogP contribution in [0.15, 0.2) is 95.5 Å². The fourth-order valence-electron chi connectivity index (χ4n) is 3.68. The summed E-state index contributed by atoms with van der Waals surface area (Å²) in [6.45, 7) is 0. The number of fused-ring (bicyclic) bond motifs is 8. The molecule has 0 heterocycles. The molecule has 0 radical (unpaired) electrons. The molecule has 0 unspecified atom stereocenters. The van der Waals surface area contributed by atoms with Crippen LogP contribution in [-0.2, 0) is 0 Å². The number of benzene rings is 4. The predicted molar refractivity (Wildman–Crippen MR) is 116 cm³/mol. The Balaban J connectivity index is 1.94. The first-order valence-corrected chi connectivity index (χ1v) is 9.70. The standard InChI is InChI=1S/C26H15Br/c27-22-16-20-15-21(17-22)25-11-5-6-12-26(25)24-10-4-2-8-19(24)14-13-18-7-1-3-9-23(18)20/h1-12,15-17H. The normalized spacial score (nSPS) is 11.1. The van der Waals surface area contributed by atoms with Crippen LogP contribution in [0.2, 0.25) is 0 Å². The Hall–Kier alpha value is -3.08. The molecule has 0 fully saturated rings. The van der Waals surface area contributed by atoms with Crippen molar-refractivity contribution in [2.24, 2.45) is 0 Å². The van der Waals surface area contributed by atoms with Gasteiger partial charge in [-0.3, -0.25) is 0 Å². The summed E-state index contributed by atoms with van der Waals surface area (Å²) in [5, 5.41) is 0. The minimum atomic E-state index is 1.04. The molecular weight excluding hydrogens is 392 g/mol. The summed E-state index contributed by atoms with van der Waals surface area (Å²) in [7, 11) is 0. The zero-order valence-electron chi connectivity index (χ0n) is 14.5. The summed E-state index contributed by atoms with van der Waals surface area (Å²) in [5.41, 5.74) is 9.21. The van der Waals surface area contributed by atoms with Gasteiger partial charge in [0.15, 0.2) is 0 Å². The molecule has 4 aromatic carbocycles. The van der Waals surface area contributed by atoms with Crippen molar-refractivity contribution in [3.05, 3.63) is 107 Å². The lowest BCUT2D eigenvalue weighted by molar-refractivity contribution is 1.54. The van der Waals surface area contributed by atoms with E-state index in [4.69, 9.17) is 0 Å². The van der Waals surface area contributed by atoms with Gasteiger partial charge in [0.25, 0.3) is 0 Å². The van der Waals surface area contributed by atoms with E-state index in [2.05, 4.69) is 113 Å². The average molecular weight is 407 g/mol. The van der Waals surface area contributed by atoms with Crippen molar-refractivity contribution in [1.29, 1.82) is 0 Å². The van der Waals surface area contributed by atoms with Gasteiger partial charge in [-0.1, -0.05) is 88.4 Å². The van der Waals surface area contributed by atoms with E-state index in [0.29, 0.717) is 0 Å². The van der Waals surface area contributed by atoms with Crippen LogP contribution in [-0.4, -0.2) is 0 Å². The Kier molecular flexibility index (Phi) is 3.93. The van der Waals surface area contributed by atoms with Crippen LogP contribution in [0.4, 0.5) is 0 Å². The SMILES string of the molecule is Brc1cc2cc(c1)-c1ccccc1-c1ccccc1C#Cc1ccccc1-2. The van der Waals surface area contributed by atoms with Gasteiger partial charge >= 0.3 is 0 Å². The van der Waals surface area contributed by atoms with Crippen molar-refractivity contribution in [3.63, 3.8) is 0 Å². The highest BCUT2D eigenvalue weighted by atomic mass is 79.9. The Morgan fingerprint density at radius 3 is 1.67 bits per heavy atom. The largest absolute Gasteiger partial charge is 0.0616 e. The molecule has 0 aliphatic heterocycles. The number of hydrogen-bond acceptors (Lipinski definition) is 0. The highest BCUT2D eigenvalue weighted by Gasteiger charge is 2.13. The van der Waals surface area contributed by atoms with Crippen molar-refractivity contribution in [2.75, 3.05) is 0 Å². The van der Waals surface area contributed by atoms with Gasteiger partial charge in [-0.15, -0.1) is 0 Å². The second-order valence-corrected chi connectivity index (χ2v) is 7.53. The third-order valence-electron chi connectivity index (χ3n) is 4.92. The van der Waals surface area contributed by atoms with E-state index in [1.807, 2.05) is 6.07 Å². The minimum absolute atomic E-state index is 1.04. The molecule has 0 atom stereocenters. The van der Waals surface area contributed by atoms with Crippen LogP contribution >= 0.6 is 15.9 Å². The summed E-state index contributed by atoms with van der Waals surface area (Å²) in [6, 6.07) is 31.9. The maximum Gasteiger partial charge on any atom is 0.0327 e. The Morgan fingerprint density at radius 2 is 0.963 bits per heavy atom. The van der Waals surface area contributed by atoms with Crippen molar-refractivity contribution in [3.8, 4) is 45.2 Å². The quantitative estimate of drug-likeness (QED) is 0.239. The van der Waals surface area contributed by atoms with E-state index in [-0.39, 0.29) is 0 Å². The lowest BCUT2D eigenvalue weighted by atomic mass is 9.91. The molecule has 126 valence electrons. The monoisotopic (exact) mass is 406 g/mol. The summed E-state index contributed by atoms with van der Waals surface area (Å²) < 4.78 is 1.07. The Bertz CT molecular complexity index is 1240. The first kappa shape index (κ1) is 16.1. The molecule has 0 saturated carbocycles. The van der Waals surface area contributed by atoms with Gasteiger partial charge in [0.05, 0.1) is 0 Å². The Morgan fingerprint density at radius 1 is 0.481 bits per heavy atom. The molecule has 4 aromatic rings. The lowest BCUT2D eigenvalue weighted by Crippen LogP contribution is -1.89. The van der Waals surface area contributed by atoms with Gasteiger partial charge < -0.3 is 0 Å². The molecule has 1 aliphatic carbocycles.